The predicted octanol–water partition coefficient (Wildman–Crippen LogP) is 1.82. The lowest BCUT2D eigenvalue weighted by Crippen LogP contribution is -2.12. The van der Waals surface area contributed by atoms with Crippen molar-refractivity contribution in [2.24, 2.45) is 5.84 Å². The fourth-order valence-corrected chi connectivity index (χ4v) is 2.39. The molecule has 0 aliphatic rings. The highest BCUT2D eigenvalue weighted by atomic mass is 35.5. The third-order valence-electron chi connectivity index (χ3n) is 2.20. The van der Waals surface area contributed by atoms with Gasteiger partial charge >= 0.3 is 0 Å². The minimum absolute atomic E-state index is 0.349. The van der Waals surface area contributed by atoms with Crippen molar-refractivity contribution < 1.29 is 0 Å². The molecule has 0 fully saturated rings. The summed E-state index contributed by atoms with van der Waals surface area (Å²) in [6, 6.07) is 1.94. The molecule has 0 saturated carbocycles. The number of nitrogen functional groups attached to an aromatic ring is 1. The van der Waals surface area contributed by atoms with E-state index in [1.54, 1.807) is 17.1 Å². The lowest BCUT2D eigenvalue weighted by Gasteiger charge is -2.04. The first kappa shape index (κ1) is 10.5. The van der Waals surface area contributed by atoms with Gasteiger partial charge in [0, 0.05) is 0 Å². The Morgan fingerprint density at radius 1 is 1.41 bits per heavy atom. The fourth-order valence-electron chi connectivity index (χ4n) is 1.50. The Morgan fingerprint density at radius 2 is 2.29 bits per heavy atom. The van der Waals surface area contributed by atoms with Gasteiger partial charge < -0.3 is 0 Å². The van der Waals surface area contributed by atoms with Gasteiger partial charge in [0.2, 0.25) is 5.95 Å². The summed E-state index contributed by atoms with van der Waals surface area (Å²) in [5.41, 5.74) is 2.44. The van der Waals surface area contributed by atoms with E-state index in [1.807, 2.05) is 11.4 Å². The van der Waals surface area contributed by atoms with Gasteiger partial charge in [-0.15, -0.1) is 11.3 Å². The Bertz CT molecular complexity index is 675. The van der Waals surface area contributed by atoms with Crippen molar-refractivity contribution in [3.8, 4) is 5.82 Å². The molecule has 3 heterocycles. The molecule has 0 saturated heterocycles. The molecule has 0 amide bonds. The van der Waals surface area contributed by atoms with Crippen LogP contribution in [0.25, 0.3) is 16.0 Å². The van der Waals surface area contributed by atoms with E-state index in [-0.39, 0.29) is 0 Å². The van der Waals surface area contributed by atoms with Crippen LogP contribution in [0.3, 0.4) is 0 Å². The number of rotatable bonds is 2. The second-order valence-corrected chi connectivity index (χ2v) is 4.59. The van der Waals surface area contributed by atoms with Crippen LogP contribution in [0.2, 0.25) is 5.02 Å². The number of nitrogens with one attached hydrogen (secondary N) is 1. The van der Waals surface area contributed by atoms with Crippen LogP contribution in [0.15, 0.2) is 23.8 Å². The van der Waals surface area contributed by atoms with Crippen LogP contribution in [0.5, 0.6) is 0 Å². The summed E-state index contributed by atoms with van der Waals surface area (Å²) >= 11 is 7.36. The molecule has 3 aromatic heterocycles. The number of hydrogen-bond acceptors (Lipinski definition) is 6. The van der Waals surface area contributed by atoms with Gasteiger partial charge in [0.25, 0.3) is 0 Å². The fraction of sp³-hybridized carbons (Fsp3) is 0. The summed E-state index contributed by atoms with van der Waals surface area (Å²) in [7, 11) is 0. The van der Waals surface area contributed by atoms with Crippen molar-refractivity contribution in [2.45, 2.75) is 0 Å². The smallest absolute Gasteiger partial charge is 0.240 e. The quantitative estimate of drug-likeness (QED) is 0.546. The highest BCUT2D eigenvalue weighted by Crippen LogP contribution is 2.25. The molecular formula is C9H7ClN6S. The summed E-state index contributed by atoms with van der Waals surface area (Å²) in [5.74, 6) is 6.33. The lowest BCUT2D eigenvalue weighted by molar-refractivity contribution is 0.852. The zero-order valence-corrected chi connectivity index (χ0v) is 10.0. The van der Waals surface area contributed by atoms with E-state index in [0.717, 1.165) is 10.2 Å². The maximum atomic E-state index is 5.84. The molecule has 0 atom stereocenters. The number of hydrazine groups is 1. The number of nitrogens with two attached hydrogens (primary N) is 1. The van der Waals surface area contributed by atoms with Crippen LogP contribution in [0.4, 0.5) is 5.95 Å². The van der Waals surface area contributed by atoms with Crippen LogP contribution in [0, 0.1) is 0 Å². The lowest BCUT2D eigenvalue weighted by atomic mass is 10.4. The Kier molecular flexibility index (Phi) is 2.43. The molecule has 3 N–H and O–H groups in total. The molecule has 86 valence electrons. The molecule has 8 heteroatoms. The molecule has 0 unspecified atom stereocenters. The molecule has 0 bridgehead atoms. The van der Waals surface area contributed by atoms with Gasteiger partial charge in [0.05, 0.1) is 22.8 Å². The largest absolute Gasteiger partial charge is 0.292 e. The Morgan fingerprint density at radius 3 is 3.00 bits per heavy atom. The maximum Gasteiger partial charge on any atom is 0.240 e. The zero-order chi connectivity index (χ0) is 11.8. The minimum atomic E-state index is 0.349. The van der Waals surface area contributed by atoms with E-state index in [1.165, 1.54) is 11.3 Å². The summed E-state index contributed by atoms with van der Waals surface area (Å²) in [6.45, 7) is 0. The standard InChI is InChI=1S/C9H7ClN6S/c10-5-3-12-16(4-5)7-6-1-2-17-8(6)14-9(13-7)15-11/h1-4H,11H2,(H,13,14,15). The Hall–Kier alpha value is -1.70. The van der Waals surface area contributed by atoms with Crippen molar-refractivity contribution in [1.82, 2.24) is 19.7 Å². The van der Waals surface area contributed by atoms with Gasteiger partial charge in [-0.25, -0.2) is 15.5 Å². The normalized spacial score (nSPS) is 10.9. The number of halogens is 1. The topological polar surface area (TPSA) is 81.6 Å². The highest BCUT2D eigenvalue weighted by molar-refractivity contribution is 7.16. The van der Waals surface area contributed by atoms with E-state index in [2.05, 4.69) is 20.5 Å². The van der Waals surface area contributed by atoms with E-state index < -0.39 is 0 Å². The van der Waals surface area contributed by atoms with Crippen molar-refractivity contribution in [3.63, 3.8) is 0 Å². The summed E-state index contributed by atoms with van der Waals surface area (Å²) < 4.78 is 1.60. The first-order valence-corrected chi connectivity index (χ1v) is 5.96. The van der Waals surface area contributed by atoms with Gasteiger partial charge in [-0.1, -0.05) is 11.6 Å². The molecule has 6 nitrogen and oxygen atoms in total. The number of fused-ring (bicyclic) bond motifs is 1. The average Bonchev–Trinajstić information content (AvgIpc) is 2.95. The number of nitrogens with zero attached hydrogens (tertiary/aromatic N) is 4. The van der Waals surface area contributed by atoms with Crippen molar-refractivity contribution in [2.75, 3.05) is 5.43 Å². The number of hydrogen-bond donors (Lipinski definition) is 2. The molecule has 17 heavy (non-hydrogen) atoms. The van der Waals surface area contributed by atoms with Crippen LogP contribution >= 0.6 is 22.9 Å². The van der Waals surface area contributed by atoms with E-state index in [0.29, 0.717) is 16.8 Å². The van der Waals surface area contributed by atoms with Crippen molar-refractivity contribution >= 4 is 39.1 Å². The Labute approximate surface area is 105 Å². The first-order valence-electron chi connectivity index (χ1n) is 4.70. The molecule has 0 aliphatic carbocycles. The van der Waals surface area contributed by atoms with Crippen LogP contribution in [-0.2, 0) is 0 Å². The molecule has 0 aliphatic heterocycles. The van der Waals surface area contributed by atoms with E-state index in [4.69, 9.17) is 17.4 Å². The maximum absolute atomic E-state index is 5.84. The molecule has 3 aromatic rings. The van der Waals surface area contributed by atoms with Crippen LogP contribution in [-0.4, -0.2) is 19.7 Å². The van der Waals surface area contributed by atoms with E-state index >= 15 is 0 Å². The monoisotopic (exact) mass is 266 g/mol. The third kappa shape index (κ3) is 1.74. The second-order valence-electron chi connectivity index (χ2n) is 3.26. The SMILES string of the molecule is NNc1nc(-n2cc(Cl)cn2)c2ccsc2n1. The zero-order valence-electron chi connectivity index (χ0n) is 8.46. The molecular weight excluding hydrogens is 260 g/mol. The molecule has 0 radical (unpaired) electrons. The summed E-state index contributed by atoms with van der Waals surface area (Å²) in [4.78, 5) is 9.36. The number of aromatic nitrogens is 4. The summed E-state index contributed by atoms with van der Waals surface area (Å²) in [5, 5.41) is 7.52. The molecule has 0 aromatic carbocycles. The van der Waals surface area contributed by atoms with Gasteiger partial charge in [-0.2, -0.15) is 10.1 Å². The molecule has 0 spiro atoms. The number of thiophene rings is 1. The number of anilines is 1. The van der Waals surface area contributed by atoms with Gasteiger partial charge in [-0.3, -0.25) is 5.43 Å². The van der Waals surface area contributed by atoms with Gasteiger partial charge in [-0.05, 0) is 11.4 Å². The minimum Gasteiger partial charge on any atom is -0.292 e. The Balaban J connectivity index is 2.29. The van der Waals surface area contributed by atoms with E-state index in [9.17, 15) is 0 Å². The van der Waals surface area contributed by atoms with Crippen LogP contribution in [0.1, 0.15) is 0 Å². The second kappa shape index (κ2) is 3.95. The summed E-state index contributed by atoms with van der Waals surface area (Å²) in [6.07, 6.45) is 3.23. The van der Waals surface area contributed by atoms with Gasteiger partial charge in [0.1, 0.15) is 4.83 Å². The third-order valence-corrected chi connectivity index (χ3v) is 3.20. The first-order chi connectivity index (χ1) is 8.28. The average molecular weight is 267 g/mol. The van der Waals surface area contributed by atoms with Crippen molar-refractivity contribution in [3.05, 3.63) is 28.9 Å². The molecule has 3 rings (SSSR count). The van der Waals surface area contributed by atoms with Gasteiger partial charge in [0.15, 0.2) is 5.82 Å². The van der Waals surface area contributed by atoms with Crippen molar-refractivity contribution in [1.29, 1.82) is 0 Å². The predicted molar refractivity (Wildman–Crippen MR) is 67.4 cm³/mol. The highest BCUT2D eigenvalue weighted by Gasteiger charge is 2.11. The van der Waals surface area contributed by atoms with Crippen LogP contribution < -0.4 is 11.3 Å².